The molecule has 0 fully saturated rings. The van der Waals surface area contributed by atoms with Gasteiger partial charge in [0.05, 0.1) is 0 Å². The lowest BCUT2D eigenvalue weighted by atomic mass is 10.0. The molecule has 446 valence electrons. The fraction of sp³-hybridized carbons (Fsp3) is 0.630. The van der Waals surface area contributed by atoms with Crippen LogP contribution in [-0.4, -0.2) is 37.2 Å². The molecule has 0 aliphatic rings. The van der Waals surface area contributed by atoms with E-state index in [0.717, 1.165) is 128 Å². The number of esters is 3. The van der Waals surface area contributed by atoms with Crippen LogP contribution in [0.3, 0.4) is 0 Å². The van der Waals surface area contributed by atoms with Crippen LogP contribution in [0.25, 0.3) is 0 Å². The molecule has 0 amide bonds. The Balaban J connectivity index is 4.28. The molecule has 0 radical (unpaired) electrons. The average molecular weight is 1090 g/mol. The lowest BCUT2D eigenvalue weighted by molar-refractivity contribution is -0.166. The quantitative estimate of drug-likeness (QED) is 0.0261. The van der Waals surface area contributed by atoms with Gasteiger partial charge in [0.15, 0.2) is 6.10 Å². The molecule has 0 aromatic heterocycles. The Bertz CT molecular complexity index is 1730. The van der Waals surface area contributed by atoms with Gasteiger partial charge in [-0.25, -0.2) is 0 Å². The Labute approximate surface area is 487 Å². The van der Waals surface area contributed by atoms with E-state index in [2.05, 4.69) is 161 Å². The van der Waals surface area contributed by atoms with Gasteiger partial charge in [-0.15, -0.1) is 0 Å². The van der Waals surface area contributed by atoms with Gasteiger partial charge < -0.3 is 14.2 Å². The molecule has 0 aliphatic carbocycles. The van der Waals surface area contributed by atoms with Crippen LogP contribution in [0.2, 0.25) is 0 Å². The maximum atomic E-state index is 12.9. The summed E-state index contributed by atoms with van der Waals surface area (Å²) < 4.78 is 16.8. The van der Waals surface area contributed by atoms with Gasteiger partial charge in [-0.3, -0.25) is 14.4 Å². The third kappa shape index (κ3) is 64.0. The van der Waals surface area contributed by atoms with E-state index in [4.69, 9.17) is 14.2 Å². The highest BCUT2D eigenvalue weighted by Crippen LogP contribution is 2.16. The van der Waals surface area contributed by atoms with Crippen molar-refractivity contribution >= 4 is 17.9 Å². The van der Waals surface area contributed by atoms with Crippen molar-refractivity contribution in [3.05, 3.63) is 146 Å². The van der Waals surface area contributed by atoms with Gasteiger partial charge in [-0.05, 0) is 122 Å². The second-order valence-corrected chi connectivity index (χ2v) is 20.9. The normalized spacial score (nSPS) is 13.1. The first-order valence-corrected chi connectivity index (χ1v) is 32.3. The number of hydrogen-bond donors (Lipinski definition) is 0. The van der Waals surface area contributed by atoms with Gasteiger partial charge in [0.2, 0.25) is 0 Å². The van der Waals surface area contributed by atoms with E-state index in [-0.39, 0.29) is 37.5 Å². The number of allylic oxidation sites excluding steroid dienone is 24. The van der Waals surface area contributed by atoms with Crippen molar-refractivity contribution in [3.8, 4) is 0 Å². The van der Waals surface area contributed by atoms with Crippen LogP contribution >= 0.6 is 0 Å². The number of carbonyl (C=O) groups is 3. The van der Waals surface area contributed by atoms with E-state index in [9.17, 15) is 14.4 Å². The summed E-state index contributed by atoms with van der Waals surface area (Å²) in [5.41, 5.74) is 0. The highest BCUT2D eigenvalue weighted by molar-refractivity contribution is 5.71. The van der Waals surface area contributed by atoms with Crippen molar-refractivity contribution in [1.29, 1.82) is 0 Å². The second kappa shape index (κ2) is 65.8. The zero-order chi connectivity index (χ0) is 57.1. The van der Waals surface area contributed by atoms with Crippen molar-refractivity contribution in [1.82, 2.24) is 0 Å². The largest absolute Gasteiger partial charge is 0.462 e. The fourth-order valence-electron chi connectivity index (χ4n) is 8.62. The molecule has 0 spiro atoms. The Morgan fingerprint density at radius 2 is 0.481 bits per heavy atom. The number of hydrogen-bond acceptors (Lipinski definition) is 6. The van der Waals surface area contributed by atoms with E-state index in [0.29, 0.717) is 19.3 Å². The molecule has 1 unspecified atom stereocenters. The molecule has 0 aliphatic heterocycles. The molecule has 0 bridgehead atoms. The first-order valence-electron chi connectivity index (χ1n) is 32.3. The minimum Gasteiger partial charge on any atom is -0.462 e. The van der Waals surface area contributed by atoms with Gasteiger partial charge >= 0.3 is 17.9 Å². The molecule has 6 nitrogen and oxygen atoms in total. The predicted molar refractivity (Wildman–Crippen MR) is 343 cm³/mol. The van der Waals surface area contributed by atoms with Crippen molar-refractivity contribution in [2.24, 2.45) is 0 Å². The third-order valence-corrected chi connectivity index (χ3v) is 13.3. The summed E-state index contributed by atoms with van der Waals surface area (Å²) in [7, 11) is 0. The number of rotatable bonds is 57. The lowest BCUT2D eigenvalue weighted by Crippen LogP contribution is -2.30. The summed E-state index contributed by atoms with van der Waals surface area (Å²) in [6, 6.07) is 0. The molecule has 0 aromatic rings. The van der Waals surface area contributed by atoms with Crippen molar-refractivity contribution in [3.63, 3.8) is 0 Å². The molecule has 1 atom stereocenters. The van der Waals surface area contributed by atoms with Crippen LogP contribution in [0, 0.1) is 0 Å². The van der Waals surface area contributed by atoms with Crippen LogP contribution in [-0.2, 0) is 28.6 Å². The molecule has 79 heavy (non-hydrogen) atoms. The molecule has 0 heterocycles. The van der Waals surface area contributed by atoms with E-state index in [1.807, 2.05) is 6.08 Å². The molecular weight excluding hydrogens is 973 g/mol. The van der Waals surface area contributed by atoms with E-state index in [1.165, 1.54) is 103 Å². The van der Waals surface area contributed by atoms with E-state index in [1.54, 1.807) is 0 Å². The summed E-state index contributed by atoms with van der Waals surface area (Å²) in [5, 5.41) is 0. The minimum absolute atomic E-state index is 0.107. The summed E-state index contributed by atoms with van der Waals surface area (Å²) in [5.74, 6) is -1.00. The number of carbonyl (C=O) groups excluding carboxylic acids is 3. The van der Waals surface area contributed by atoms with Gasteiger partial charge in [-0.1, -0.05) is 282 Å². The maximum Gasteiger partial charge on any atom is 0.306 e. The molecule has 0 aromatic carbocycles. The molecule has 0 rings (SSSR count). The maximum absolute atomic E-state index is 12.9. The zero-order valence-corrected chi connectivity index (χ0v) is 51.1. The summed E-state index contributed by atoms with van der Waals surface area (Å²) in [6.07, 6.45) is 94.5. The first kappa shape index (κ1) is 74.3. The summed E-state index contributed by atoms with van der Waals surface area (Å²) in [4.78, 5) is 38.2. The molecule has 0 N–H and O–H groups in total. The van der Waals surface area contributed by atoms with Gasteiger partial charge in [0.25, 0.3) is 0 Å². The van der Waals surface area contributed by atoms with Crippen LogP contribution in [0.15, 0.2) is 146 Å². The SMILES string of the molecule is CC/C=C\C/C=C\C/C=C\C/C=C\C/C=C\CCCCCCCCCCCCCCCCCC(=O)OCC(COC(=O)CC/C=C\C/C=C\C/C=C\C/C=C\CC)OC(=O)CCCCCCCCC/C=C\C/C=C\C/C=C\CC. The van der Waals surface area contributed by atoms with Crippen molar-refractivity contribution in [2.75, 3.05) is 13.2 Å². The summed E-state index contributed by atoms with van der Waals surface area (Å²) in [6.45, 7) is 6.23. The van der Waals surface area contributed by atoms with Crippen LogP contribution in [0.1, 0.15) is 278 Å². The lowest BCUT2D eigenvalue weighted by Gasteiger charge is -2.18. The third-order valence-electron chi connectivity index (χ3n) is 13.3. The zero-order valence-electron chi connectivity index (χ0n) is 51.1. The summed E-state index contributed by atoms with van der Waals surface area (Å²) >= 11 is 0. The Kier molecular flexibility index (Phi) is 61.9. The average Bonchev–Trinajstić information content (AvgIpc) is 3.45. The predicted octanol–water partition coefficient (Wildman–Crippen LogP) is 22.3. The van der Waals surface area contributed by atoms with Crippen molar-refractivity contribution in [2.45, 2.75) is 284 Å². The highest BCUT2D eigenvalue weighted by Gasteiger charge is 2.19. The van der Waals surface area contributed by atoms with Gasteiger partial charge in [-0.2, -0.15) is 0 Å². The molecule has 0 saturated carbocycles. The standard InChI is InChI=1S/C73H118O6/c1-4-7-10-13-16-19-22-25-27-29-30-31-32-33-34-35-36-37-38-39-40-41-42-44-45-48-51-54-57-60-63-66-72(75)78-69-70(68-77-71(74)65-62-59-56-53-50-47-24-21-18-15-12-9-6-3)79-73(76)67-64-61-58-55-52-49-46-43-28-26-23-20-17-14-11-8-5-2/h7-12,16-21,25-28,30-31,33-34,47,50,56,59,70H,4-6,13-15,22-24,29,32,35-46,48-49,51-55,57-58,60-69H2,1-3H3/b10-7-,11-8-,12-9-,19-16-,20-17-,21-18-,27-25-,28-26-,31-30-,34-33-,50-47-,59-56-. The highest BCUT2D eigenvalue weighted by atomic mass is 16.6. The number of unbranched alkanes of at least 4 members (excludes halogenated alkanes) is 22. The fourth-order valence-corrected chi connectivity index (χ4v) is 8.62. The van der Waals surface area contributed by atoms with E-state index >= 15 is 0 Å². The second-order valence-electron chi connectivity index (χ2n) is 20.9. The van der Waals surface area contributed by atoms with Crippen molar-refractivity contribution < 1.29 is 28.6 Å². The molecule has 6 heteroatoms. The van der Waals surface area contributed by atoms with Crippen LogP contribution < -0.4 is 0 Å². The Morgan fingerprint density at radius 3 is 0.785 bits per heavy atom. The van der Waals surface area contributed by atoms with E-state index < -0.39 is 6.10 Å². The smallest absolute Gasteiger partial charge is 0.306 e. The Hall–Kier alpha value is -4.71. The number of ether oxygens (including phenoxy) is 3. The van der Waals surface area contributed by atoms with Crippen LogP contribution in [0.4, 0.5) is 0 Å². The van der Waals surface area contributed by atoms with Gasteiger partial charge in [0.1, 0.15) is 13.2 Å². The molecular formula is C73H118O6. The van der Waals surface area contributed by atoms with Crippen LogP contribution in [0.5, 0.6) is 0 Å². The monoisotopic (exact) mass is 1090 g/mol. The minimum atomic E-state index is -0.818. The molecule has 0 saturated heterocycles. The van der Waals surface area contributed by atoms with Gasteiger partial charge in [0, 0.05) is 19.3 Å². The Morgan fingerprint density at radius 1 is 0.253 bits per heavy atom. The topological polar surface area (TPSA) is 78.9 Å². The first-order chi connectivity index (χ1) is 39.0.